The van der Waals surface area contributed by atoms with E-state index in [1.807, 2.05) is 6.92 Å². The monoisotopic (exact) mass is 268 g/mol. The molecule has 0 radical (unpaired) electrons. The third-order valence-electron chi connectivity index (χ3n) is 2.70. The molecule has 108 valence electrons. The maximum absolute atomic E-state index is 11.5. The molecular formula is C13H24N4O2. The number of nitrogens with zero attached hydrogens (tertiary/aromatic N) is 1. The summed E-state index contributed by atoms with van der Waals surface area (Å²) in [6.45, 7) is 3.93. The van der Waals surface area contributed by atoms with E-state index in [2.05, 4.69) is 33.1 Å². The number of hydrogen-bond acceptors (Lipinski definition) is 3. The van der Waals surface area contributed by atoms with Crippen LogP contribution in [0.15, 0.2) is 17.1 Å². The van der Waals surface area contributed by atoms with E-state index < -0.39 is 0 Å². The van der Waals surface area contributed by atoms with Gasteiger partial charge in [-0.2, -0.15) is 0 Å². The molecule has 0 fully saturated rings. The molecule has 19 heavy (non-hydrogen) atoms. The molecular weight excluding hydrogens is 244 g/mol. The molecule has 0 atom stereocenters. The Morgan fingerprint density at radius 3 is 2.74 bits per heavy atom. The second kappa shape index (κ2) is 9.38. The Hall–Kier alpha value is -1.56. The lowest BCUT2D eigenvalue weighted by atomic mass is 10.2. The molecule has 1 aliphatic carbocycles. The van der Waals surface area contributed by atoms with E-state index in [4.69, 9.17) is 4.74 Å². The van der Waals surface area contributed by atoms with Gasteiger partial charge in [-0.3, -0.25) is 4.79 Å². The molecule has 0 heterocycles. The molecule has 0 aromatic carbocycles. The van der Waals surface area contributed by atoms with Gasteiger partial charge in [-0.15, -0.1) is 0 Å². The van der Waals surface area contributed by atoms with Crippen LogP contribution in [0.1, 0.15) is 19.8 Å². The lowest BCUT2D eigenvalue weighted by Crippen LogP contribution is -2.43. The molecule has 6 heteroatoms. The van der Waals surface area contributed by atoms with Crippen molar-refractivity contribution in [1.82, 2.24) is 16.0 Å². The Morgan fingerprint density at radius 2 is 2.11 bits per heavy atom. The number of amides is 1. The van der Waals surface area contributed by atoms with Gasteiger partial charge < -0.3 is 20.7 Å². The maximum Gasteiger partial charge on any atom is 0.241 e. The standard InChI is InChI=1S/C13H24N4O2/c1-3-14-13(17-11-6-4-5-7-11)16-10-12(18)15-8-9-19-2/h4-5,11H,3,6-10H2,1-2H3,(H,15,18)(H2,14,16,17). The normalized spacial score (nSPS) is 15.6. The molecule has 0 unspecified atom stereocenters. The van der Waals surface area contributed by atoms with Gasteiger partial charge in [-0.1, -0.05) is 12.2 Å². The van der Waals surface area contributed by atoms with Crippen LogP contribution >= 0.6 is 0 Å². The minimum absolute atomic E-state index is 0.0983. The number of rotatable bonds is 7. The topological polar surface area (TPSA) is 74.8 Å². The summed E-state index contributed by atoms with van der Waals surface area (Å²) in [5, 5.41) is 9.19. The zero-order valence-electron chi connectivity index (χ0n) is 11.7. The largest absolute Gasteiger partial charge is 0.383 e. The van der Waals surface area contributed by atoms with Crippen LogP contribution in [-0.2, 0) is 9.53 Å². The third kappa shape index (κ3) is 6.81. The van der Waals surface area contributed by atoms with Crippen molar-refractivity contribution >= 4 is 11.9 Å². The van der Waals surface area contributed by atoms with Gasteiger partial charge in [0.15, 0.2) is 5.96 Å². The van der Waals surface area contributed by atoms with Crippen LogP contribution in [-0.4, -0.2) is 51.3 Å². The van der Waals surface area contributed by atoms with Crippen molar-refractivity contribution in [3.05, 3.63) is 12.2 Å². The van der Waals surface area contributed by atoms with Gasteiger partial charge in [0, 0.05) is 26.2 Å². The number of nitrogens with one attached hydrogen (secondary N) is 3. The van der Waals surface area contributed by atoms with Crippen LogP contribution in [0.25, 0.3) is 0 Å². The highest BCUT2D eigenvalue weighted by molar-refractivity contribution is 5.85. The molecule has 0 saturated carbocycles. The van der Waals surface area contributed by atoms with Crippen LogP contribution in [0.3, 0.4) is 0 Å². The first kappa shape index (κ1) is 15.5. The van der Waals surface area contributed by atoms with E-state index in [0.29, 0.717) is 25.2 Å². The fourth-order valence-electron chi connectivity index (χ4n) is 1.75. The third-order valence-corrected chi connectivity index (χ3v) is 2.70. The van der Waals surface area contributed by atoms with Crippen LogP contribution < -0.4 is 16.0 Å². The zero-order valence-corrected chi connectivity index (χ0v) is 11.7. The van der Waals surface area contributed by atoms with Crippen LogP contribution in [0.5, 0.6) is 0 Å². The van der Waals surface area contributed by atoms with Crippen molar-refractivity contribution < 1.29 is 9.53 Å². The van der Waals surface area contributed by atoms with Gasteiger partial charge >= 0.3 is 0 Å². The van der Waals surface area contributed by atoms with E-state index >= 15 is 0 Å². The Bertz CT molecular complexity index is 321. The van der Waals surface area contributed by atoms with Crippen molar-refractivity contribution in [3.63, 3.8) is 0 Å². The summed E-state index contributed by atoms with van der Waals surface area (Å²) < 4.78 is 4.86. The van der Waals surface area contributed by atoms with Gasteiger partial charge in [-0.25, -0.2) is 4.99 Å². The SMILES string of the molecule is CCNC(=NCC(=O)NCCOC)NC1CC=CC1. The number of aliphatic imine (C=N–C) groups is 1. The van der Waals surface area contributed by atoms with Crippen molar-refractivity contribution in [1.29, 1.82) is 0 Å². The summed E-state index contributed by atoms with van der Waals surface area (Å²) in [6.07, 6.45) is 6.31. The highest BCUT2D eigenvalue weighted by Gasteiger charge is 2.11. The summed E-state index contributed by atoms with van der Waals surface area (Å²) in [4.78, 5) is 15.8. The predicted molar refractivity (Wildman–Crippen MR) is 76.2 cm³/mol. The first-order valence-corrected chi connectivity index (χ1v) is 6.71. The van der Waals surface area contributed by atoms with E-state index in [9.17, 15) is 4.79 Å². The van der Waals surface area contributed by atoms with Crippen LogP contribution in [0.2, 0.25) is 0 Å². The zero-order chi connectivity index (χ0) is 13.9. The Balaban J connectivity index is 2.32. The van der Waals surface area contributed by atoms with Gasteiger partial charge in [-0.05, 0) is 19.8 Å². The molecule has 3 N–H and O–H groups in total. The quantitative estimate of drug-likeness (QED) is 0.263. The number of ether oxygens (including phenoxy) is 1. The molecule has 1 amide bonds. The minimum Gasteiger partial charge on any atom is -0.383 e. The molecule has 0 spiro atoms. The Morgan fingerprint density at radius 1 is 1.37 bits per heavy atom. The molecule has 6 nitrogen and oxygen atoms in total. The van der Waals surface area contributed by atoms with Crippen molar-refractivity contribution in [2.24, 2.45) is 4.99 Å². The second-order valence-electron chi connectivity index (χ2n) is 4.32. The first-order valence-electron chi connectivity index (χ1n) is 6.71. The molecule has 0 saturated heterocycles. The number of carbonyl (C=O) groups is 1. The Labute approximate surface area is 114 Å². The average Bonchev–Trinajstić information content (AvgIpc) is 2.89. The van der Waals surface area contributed by atoms with Crippen molar-refractivity contribution in [2.45, 2.75) is 25.8 Å². The van der Waals surface area contributed by atoms with Gasteiger partial charge in [0.05, 0.1) is 6.61 Å². The summed E-state index contributed by atoms with van der Waals surface area (Å²) in [5.41, 5.74) is 0. The minimum atomic E-state index is -0.0983. The summed E-state index contributed by atoms with van der Waals surface area (Å²) in [7, 11) is 1.60. The van der Waals surface area contributed by atoms with Gasteiger partial charge in [0.25, 0.3) is 0 Å². The van der Waals surface area contributed by atoms with E-state index in [0.717, 1.165) is 19.4 Å². The van der Waals surface area contributed by atoms with E-state index in [1.54, 1.807) is 7.11 Å². The fourth-order valence-corrected chi connectivity index (χ4v) is 1.75. The van der Waals surface area contributed by atoms with E-state index in [-0.39, 0.29) is 12.5 Å². The molecule has 0 aliphatic heterocycles. The second-order valence-corrected chi connectivity index (χ2v) is 4.32. The predicted octanol–water partition coefficient (Wildman–Crippen LogP) is 0.0227. The maximum atomic E-state index is 11.5. The summed E-state index contributed by atoms with van der Waals surface area (Å²) in [5.74, 6) is 0.594. The van der Waals surface area contributed by atoms with Gasteiger partial charge in [0.1, 0.15) is 6.54 Å². The molecule has 1 aliphatic rings. The van der Waals surface area contributed by atoms with Crippen molar-refractivity contribution in [3.8, 4) is 0 Å². The van der Waals surface area contributed by atoms with Gasteiger partial charge in [0.2, 0.25) is 5.91 Å². The highest BCUT2D eigenvalue weighted by Crippen LogP contribution is 2.08. The smallest absolute Gasteiger partial charge is 0.241 e. The average molecular weight is 268 g/mol. The lowest BCUT2D eigenvalue weighted by Gasteiger charge is -2.16. The first-order chi connectivity index (χ1) is 9.26. The number of hydrogen-bond donors (Lipinski definition) is 3. The number of carbonyl (C=O) groups excluding carboxylic acids is 1. The van der Waals surface area contributed by atoms with Crippen LogP contribution in [0.4, 0.5) is 0 Å². The highest BCUT2D eigenvalue weighted by atomic mass is 16.5. The number of methoxy groups -OCH3 is 1. The van der Waals surface area contributed by atoms with E-state index in [1.165, 1.54) is 0 Å². The molecule has 0 aromatic rings. The summed E-state index contributed by atoms with van der Waals surface area (Å²) >= 11 is 0. The molecule has 1 rings (SSSR count). The Kier molecular flexibility index (Phi) is 7.65. The lowest BCUT2D eigenvalue weighted by molar-refractivity contribution is -0.119. The summed E-state index contributed by atoms with van der Waals surface area (Å²) in [6, 6.07) is 0.384. The fraction of sp³-hybridized carbons (Fsp3) is 0.692. The molecule has 0 bridgehead atoms. The van der Waals surface area contributed by atoms with Crippen molar-refractivity contribution in [2.75, 3.05) is 33.4 Å². The number of guanidine groups is 1. The van der Waals surface area contributed by atoms with Crippen LogP contribution in [0, 0.1) is 0 Å². The molecule has 0 aromatic heterocycles.